The Balaban J connectivity index is 1.53. The van der Waals surface area contributed by atoms with Crippen LogP contribution in [0, 0.1) is 0 Å². The van der Waals surface area contributed by atoms with E-state index in [1.54, 1.807) is 22.3 Å². The molecule has 1 aliphatic rings. The van der Waals surface area contributed by atoms with Crippen molar-refractivity contribution in [3.8, 4) is 10.6 Å². The van der Waals surface area contributed by atoms with Gasteiger partial charge in [0.2, 0.25) is 0 Å². The lowest BCUT2D eigenvalue weighted by atomic mass is 10.2. The fourth-order valence-electron chi connectivity index (χ4n) is 3.09. The van der Waals surface area contributed by atoms with Crippen LogP contribution in [0.1, 0.15) is 27.0 Å². The number of nitrogens with zero attached hydrogens (tertiary/aromatic N) is 2. The second kappa shape index (κ2) is 6.98. The molecule has 0 spiro atoms. The maximum atomic E-state index is 12.8. The maximum absolute atomic E-state index is 12.8. The summed E-state index contributed by atoms with van der Waals surface area (Å²) in [5.41, 5.74) is 1.11. The van der Waals surface area contributed by atoms with Crippen LogP contribution < -0.4 is 0 Å². The van der Waals surface area contributed by atoms with E-state index in [-0.39, 0.29) is 18.2 Å². The average molecular weight is 408 g/mol. The van der Waals surface area contributed by atoms with E-state index >= 15 is 0 Å². The largest absolute Gasteiger partial charge is 0.336 e. The molecule has 1 N–H and O–H groups in total. The highest BCUT2D eigenvalue weighted by molar-refractivity contribution is 7.91. The molecule has 9 heteroatoms. The number of nitrogens with one attached hydrogen (secondary N) is 1. The van der Waals surface area contributed by atoms with Gasteiger partial charge < -0.3 is 4.90 Å². The Morgan fingerprint density at radius 3 is 2.73 bits per heavy atom. The van der Waals surface area contributed by atoms with Crippen LogP contribution in [0.4, 0.5) is 0 Å². The van der Waals surface area contributed by atoms with Crippen LogP contribution in [0.3, 0.4) is 0 Å². The number of carbonyl (C=O) groups is 1. The Kier molecular flexibility index (Phi) is 4.68. The number of thiophene rings is 2. The summed E-state index contributed by atoms with van der Waals surface area (Å²) in [5, 5.41) is 10.3. The van der Waals surface area contributed by atoms with Gasteiger partial charge in [0.15, 0.2) is 15.5 Å². The molecule has 1 saturated heterocycles. The second-order valence-electron chi connectivity index (χ2n) is 6.10. The van der Waals surface area contributed by atoms with Gasteiger partial charge in [-0.25, -0.2) is 8.42 Å². The number of carbonyl (C=O) groups excluding carboxylic acids is 1. The number of sulfone groups is 1. The zero-order valence-corrected chi connectivity index (χ0v) is 16.2. The lowest BCUT2D eigenvalue weighted by molar-refractivity contribution is 0.0760. The molecule has 6 nitrogen and oxygen atoms in total. The lowest BCUT2D eigenvalue weighted by Gasteiger charge is -2.18. The summed E-state index contributed by atoms with van der Waals surface area (Å²) in [6.07, 6.45) is 0.413. The molecule has 1 amide bonds. The molecule has 1 aliphatic heterocycles. The molecule has 136 valence electrons. The predicted octanol–water partition coefficient (Wildman–Crippen LogP) is 3.20. The van der Waals surface area contributed by atoms with Gasteiger partial charge in [-0.2, -0.15) is 5.10 Å². The quantitative estimate of drug-likeness (QED) is 0.723. The minimum Gasteiger partial charge on any atom is -0.336 e. The first kappa shape index (κ1) is 17.4. The molecule has 0 saturated carbocycles. The number of amides is 1. The van der Waals surface area contributed by atoms with Crippen molar-refractivity contribution in [2.24, 2.45) is 0 Å². The summed E-state index contributed by atoms with van der Waals surface area (Å²) >= 11 is 3.01. The van der Waals surface area contributed by atoms with Gasteiger partial charge in [0, 0.05) is 18.0 Å². The van der Waals surface area contributed by atoms with E-state index in [9.17, 15) is 13.2 Å². The van der Waals surface area contributed by atoms with E-state index in [1.165, 1.54) is 11.3 Å². The van der Waals surface area contributed by atoms with Gasteiger partial charge in [-0.1, -0.05) is 12.1 Å². The lowest BCUT2D eigenvalue weighted by Crippen LogP contribution is -2.33. The Bertz CT molecular complexity index is 991. The third-order valence-electron chi connectivity index (χ3n) is 4.47. The van der Waals surface area contributed by atoms with Crippen molar-refractivity contribution in [3.63, 3.8) is 0 Å². The first-order chi connectivity index (χ1) is 12.5. The molecular formula is C17H17N3O3S3. The van der Waals surface area contributed by atoms with E-state index in [2.05, 4.69) is 10.2 Å². The van der Waals surface area contributed by atoms with Gasteiger partial charge in [-0.15, -0.1) is 22.7 Å². The number of hydrogen-bond donors (Lipinski definition) is 1. The standard InChI is InChI=1S/C17H17N3O3S3/c21-17(13-11-12(18-19-13)14-3-1-8-24-14)20-6-5-16(15-4-2-9-25-15)26(22,23)10-7-20/h1-4,8-9,11,16H,5-7,10H2,(H,18,19). The molecule has 1 atom stereocenters. The number of H-pyrrole nitrogens is 1. The number of hydrogen-bond acceptors (Lipinski definition) is 6. The van der Waals surface area contributed by atoms with Crippen LogP contribution >= 0.6 is 22.7 Å². The van der Waals surface area contributed by atoms with Gasteiger partial charge >= 0.3 is 0 Å². The normalized spacial score (nSPS) is 20.0. The van der Waals surface area contributed by atoms with Crippen molar-refractivity contribution in [1.82, 2.24) is 15.1 Å². The van der Waals surface area contributed by atoms with E-state index in [0.29, 0.717) is 18.7 Å². The van der Waals surface area contributed by atoms with Gasteiger partial charge in [0.1, 0.15) is 0 Å². The van der Waals surface area contributed by atoms with Crippen molar-refractivity contribution in [2.45, 2.75) is 11.7 Å². The number of aromatic nitrogens is 2. The Hall–Kier alpha value is -1.97. The van der Waals surface area contributed by atoms with Gasteiger partial charge in [0.25, 0.3) is 5.91 Å². The summed E-state index contributed by atoms with van der Waals surface area (Å²) in [7, 11) is -3.27. The van der Waals surface area contributed by atoms with Gasteiger partial charge in [0.05, 0.1) is 21.6 Å². The minimum absolute atomic E-state index is 0.0243. The minimum atomic E-state index is -3.27. The van der Waals surface area contributed by atoms with Gasteiger partial charge in [-0.05, 0) is 35.4 Å². The van der Waals surface area contributed by atoms with Crippen LogP contribution in [-0.2, 0) is 9.84 Å². The summed E-state index contributed by atoms with van der Waals surface area (Å²) in [6, 6.07) is 9.33. The zero-order valence-electron chi connectivity index (χ0n) is 13.8. The van der Waals surface area contributed by atoms with Crippen molar-refractivity contribution in [2.75, 3.05) is 18.8 Å². The van der Waals surface area contributed by atoms with Crippen molar-refractivity contribution >= 4 is 38.4 Å². The molecule has 0 radical (unpaired) electrons. The molecule has 26 heavy (non-hydrogen) atoms. The fourth-order valence-corrected chi connectivity index (χ4v) is 6.79. The second-order valence-corrected chi connectivity index (χ2v) is 10.3. The topological polar surface area (TPSA) is 83.1 Å². The van der Waals surface area contributed by atoms with E-state index in [1.807, 2.05) is 35.0 Å². The monoisotopic (exact) mass is 407 g/mol. The Morgan fingerprint density at radius 2 is 2.00 bits per heavy atom. The molecule has 3 aromatic rings. The van der Waals surface area contributed by atoms with Crippen molar-refractivity contribution < 1.29 is 13.2 Å². The van der Waals surface area contributed by atoms with E-state index in [0.717, 1.165) is 15.4 Å². The third kappa shape index (κ3) is 3.34. The van der Waals surface area contributed by atoms with Gasteiger partial charge in [-0.3, -0.25) is 9.89 Å². The summed E-state index contributed by atoms with van der Waals surface area (Å²) < 4.78 is 25.2. The molecule has 0 aromatic carbocycles. The SMILES string of the molecule is O=C(c1cc(-c2cccs2)[nH]n1)N1CCC(c2cccs2)S(=O)(=O)CC1. The van der Waals surface area contributed by atoms with Crippen LogP contribution in [-0.4, -0.2) is 48.3 Å². The van der Waals surface area contributed by atoms with Crippen molar-refractivity contribution in [1.29, 1.82) is 0 Å². The van der Waals surface area contributed by atoms with Crippen LogP contribution in [0.25, 0.3) is 10.6 Å². The highest BCUT2D eigenvalue weighted by Crippen LogP contribution is 2.32. The first-order valence-corrected chi connectivity index (χ1v) is 11.7. The summed E-state index contributed by atoms with van der Waals surface area (Å²) in [4.78, 5) is 16.2. The predicted molar refractivity (Wildman–Crippen MR) is 103 cm³/mol. The zero-order chi connectivity index (χ0) is 18.1. The molecule has 3 aromatic heterocycles. The van der Waals surface area contributed by atoms with Crippen LogP contribution in [0.5, 0.6) is 0 Å². The smallest absolute Gasteiger partial charge is 0.274 e. The molecule has 1 unspecified atom stereocenters. The fraction of sp³-hybridized carbons (Fsp3) is 0.294. The van der Waals surface area contributed by atoms with Crippen molar-refractivity contribution in [3.05, 3.63) is 51.7 Å². The van der Waals surface area contributed by atoms with E-state index in [4.69, 9.17) is 0 Å². The average Bonchev–Trinajstić information content (AvgIpc) is 3.37. The highest BCUT2D eigenvalue weighted by atomic mass is 32.2. The molecule has 0 bridgehead atoms. The van der Waals surface area contributed by atoms with E-state index < -0.39 is 15.1 Å². The Labute approximate surface area is 159 Å². The summed E-state index contributed by atoms with van der Waals surface area (Å²) in [6.45, 7) is 0.603. The number of rotatable bonds is 3. The summed E-state index contributed by atoms with van der Waals surface area (Å²) in [5.74, 6) is -0.255. The molecule has 1 fully saturated rings. The molecule has 4 heterocycles. The highest BCUT2D eigenvalue weighted by Gasteiger charge is 2.34. The molecular weight excluding hydrogens is 390 g/mol. The Morgan fingerprint density at radius 1 is 1.19 bits per heavy atom. The maximum Gasteiger partial charge on any atom is 0.274 e. The van der Waals surface area contributed by atoms with Crippen LogP contribution in [0.15, 0.2) is 41.1 Å². The first-order valence-electron chi connectivity index (χ1n) is 8.18. The third-order valence-corrected chi connectivity index (χ3v) is 8.62. The molecule has 4 rings (SSSR count). The number of aromatic amines is 1. The molecule has 0 aliphatic carbocycles. The van der Waals surface area contributed by atoms with Crippen LogP contribution in [0.2, 0.25) is 0 Å².